The van der Waals surface area contributed by atoms with Crippen molar-refractivity contribution in [2.75, 3.05) is 18.5 Å². The third-order valence-electron chi connectivity index (χ3n) is 4.72. The second kappa shape index (κ2) is 6.27. The van der Waals surface area contributed by atoms with Gasteiger partial charge in [-0.3, -0.25) is 9.59 Å². The average molecular weight is 340 g/mol. The Kier molecular flexibility index (Phi) is 3.95. The number of amides is 1. The van der Waals surface area contributed by atoms with Crippen LogP contribution in [0, 0.1) is 5.92 Å². The highest BCUT2D eigenvalue weighted by Crippen LogP contribution is 2.32. The van der Waals surface area contributed by atoms with Gasteiger partial charge >= 0.3 is 0 Å². The maximum absolute atomic E-state index is 12.6. The van der Waals surface area contributed by atoms with Crippen LogP contribution in [-0.2, 0) is 12.8 Å². The minimum Gasteiger partial charge on any atom is -0.486 e. The van der Waals surface area contributed by atoms with E-state index in [0.717, 1.165) is 30.5 Å². The van der Waals surface area contributed by atoms with Gasteiger partial charge in [0.2, 0.25) is 0 Å². The van der Waals surface area contributed by atoms with E-state index >= 15 is 0 Å². The lowest BCUT2D eigenvalue weighted by molar-refractivity contribution is 0.102. The number of anilines is 1. The normalized spacial score (nSPS) is 18.4. The van der Waals surface area contributed by atoms with Gasteiger partial charge < -0.3 is 19.8 Å². The van der Waals surface area contributed by atoms with Crippen LogP contribution in [0.2, 0.25) is 0 Å². The molecule has 0 saturated heterocycles. The molecule has 2 aromatic rings. The van der Waals surface area contributed by atoms with Gasteiger partial charge in [0.1, 0.15) is 18.8 Å². The van der Waals surface area contributed by atoms with Crippen molar-refractivity contribution in [1.29, 1.82) is 0 Å². The van der Waals surface area contributed by atoms with Crippen molar-refractivity contribution in [2.45, 2.75) is 26.2 Å². The SMILES string of the molecule is C[C@@H]1CCc2[nH]c(=O)c(C(=O)Nc3ccc4c(c3)OCCO4)cc2C1. The van der Waals surface area contributed by atoms with E-state index in [1.165, 1.54) is 0 Å². The third-order valence-corrected chi connectivity index (χ3v) is 4.72. The molecule has 130 valence electrons. The fourth-order valence-corrected chi connectivity index (χ4v) is 3.37. The Labute approximate surface area is 145 Å². The average Bonchev–Trinajstić information content (AvgIpc) is 2.61. The molecule has 6 nitrogen and oxygen atoms in total. The van der Waals surface area contributed by atoms with E-state index < -0.39 is 5.91 Å². The number of ether oxygens (including phenoxy) is 2. The van der Waals surface area contributed by atoms with Crippen LogP contribution in [0.3, 0.4) is 0 Å². The molecule has 4 rings (SSSR count). The minimum absolute atomic E-state index is 0.141. The number of aromatic nitrogens is 1. The van der Waals surface area contributed by atoms with Crippen LogP contribution in [0.5, 0.6) is 11.5 Å². The van der Waals surface area contributed by atoms with Gasteiger partial charge in [-0.05, 0) is 48.9 Å². The van der Waals surface area contributed by atoms with Crippen LogP contribution in [-0.4, -0.2) is 24.1 Å². The number of benzene rings is 1. The van der Waals surface area contributed by atoms with E-state index in [-0.39, 0.29) is 11.1 Å². The summed E-state index contributed by atoms with van der Waals surface area (Å²) in [5.74, 6) is 1.40. The number of pyridine rings is 1. The number of nitrogens with one attached hydrogen (secondary N) is 2. The molecule has 0 spiro atoms. The Hall–Kier alpha value is -2.76. The smallest absolute Gasteiger partial charge is 0.261 e. The Morgan fingerprint density at radius 3 is 2.84 bits per heavy atom. The van der Waals surface area contributed by atoms with Gasteiger partial charge in [-0.1, -0.05) is 6.92 Å². The molecule has 0 radical (unpaired) electrons. The van der Waals surface area contributed by atoms with E-state index in [1.54, 1.807) is 24.3 Å². The number of hydrogen-bond donors (Lipinski definition) is 2. The van der Waals surface area contributed by atoms with Crippen molar-refractivity contribution in [3.05, 3.63) is 51.4 Å². The standard InChI is InChI=1S/C19H20N2O4/c1-11-2-4-15-12(8-11)9-14(19(23)21-15)18(22)20-13-3-5-16-17(10-13)25-7-6-24-16/h3,5,9-11H,2,4,6-8H2,1H3,(H,20,22)(H,21,23)/t11-/m1/s1. The van der Waals surface area contributed by atoms with Gasteiger partial charge in [0.05, 0.1) is 0 Å². The summed E-state index contributed by atoms with van der Waals surface area (Å²) in [6.45, 7) is 3.18. The highest BCUT2D eigenvalue weighted by Gasteiger charge is 2.20. The molecule has 25 heavy (non-hydrogen) atoms. The monoisotopic (exact) mass is 340 g/mol. The van der Waals surface area contributed by atoms with Crippen LogP contribution in [0.1, 0.15) is 35.0 Å². The largest absolute Gasteiger partial charge is 0.486 e. The van der Waals surface area contributed by atoms with E-state index in [0.29, 0.717) is 36.3 Å². The fourth-order valence-electron chi connectivity index (χ4n) is 3.37. The molecular formula is C19H20N2O4. The molecule has 2 heterocycles. The van der Waals surface area contributed by atoms with Crippen LogP contribution >= 0.6 is 0 Å². The second-order valence-corrected chi connectivity index (χ2v) is 6.68. The molecule has 1 aromatic heterocycles. The fraction of sp³-hybridized carbons (Fsp3) is 0.368. The van der Waals surface area contributed by atoms with Crippen molar-refractivity contribution in [2.24, 2.45) is 5.92 Å². The van der Waals surface area contributed by atoms with Crippen molar-refractivity contribution in [3.63, 3.8) is 0 Å². The Morgan fingerprint density at radius 1 is 1.20 bits per heavy atom. The van der Waals surface area contributed by atoms with E-state index in [4.69, 9.17) is 9.47 Å². The molecule has 1 atom stereocenters. The Balaban J connectivity index is 1.59. The van der Waals surface area contributed by atoms with Crippen LogP contribution in [0.25, 0.3) is 0 Å². The summed E-state index contributed by atoms with van der Waals surface area (Å²) in [5, 5.41) is 2.77. The van der Waals surface area contributed by atoms with Crippen LogP contribution < -0.4 is 20.3 Å². The number of rotatable bonds is 2. The molecule has 1 aromatic carbocycles. The van der Waals surface area contributed by atoms with Gasteiger partial charge in [-0.15, -0.1) is 0 Å². The van der Waals surface area contributed by atoms with Crippen molar-refractivity contribution >= 4 is 11.6 Å². The third kappa shape index (κ3) is 3.12. The summed E-state index contributed by atoms with van der Waals surface area (Å²) in [6.07, 6.45) is 2.80. The number of fused-ring (bicyclic) bond motifs is 2. The number of hydrogen-bond acceptors (Lipinski definition) is 4. The zero-order valence-electron chi connectivity index (χ0n) is 14.1. The quantitative estimate of drug-likeness (QED) is 0.880. The molecule has 2 N–H and O–H groups in total. The van der Waals surface area contributed by atoms with E-state index in [1.807, 2.05) is 0 Å². The number of aromatic amines is 1. The molecule has 1 amide bonds. The first-order valence-electron chi connectivity index (χ1n) is 8.56. The number of carbonyl (C=O) groups is 1. The molecule has 1 aliphatic carbocycles. The molecule has 6 heteroatoms. The maximum Gasteiger partial charge on any atom is 0.261 e. The molecule has 2 aliphatic rings. The van der Waals surface area contributed by atoms with Gasteiger partial charge in [0.25, 0.3) is 11.5 Å². The number of aryl methyl sites for hydroxylation is 1. The molecule has 0 bridgehead atoms. The summed E-state index contributed by atoms with van der Waals surface area (Å²) in [7, 11) is 0. The zero-order chi connectivity index (χ0) is 17.4. The molecule has 0 fully saturated rings. The summed E-state index contributed by atoms with van der Waals surface area (Å²) < 4.78 is 11.0. The van der Waals surface area contributed by atoms with Crippen molar-refractivity contribution < 1.29 is 14.3 Å². The molecule has 0 unspecified atom stereocenters. The van der Waals surface area contributed by atoms with Crippen molar-refractivity contribution in [1.82, 2.24) is 4.98 Å². The van der Waals surface area contributed by atoms with Gasteiger partial charge in [0.15, 0.2) is 11.5 Å². The molecule has 1 aliphatic heterocycles. The first-order valence-corrected chi connectivity index (χ1v) is 8.56. The van der Waals surface area contributed by atoms with Gasteiger partial charge in [-0.25, -0.2) is 0 Å². The lowest BCUT2D eigenvalue weighted by atomic mass is 9.87. The minimum atomic E-state index is -0.418. The molecule has 0 saturated carbocycles. The first kappa shape index (κ1) is 15.7. The second-order valence-electron chi connectivity index (χ2n) is 6.68. The summed E-state index contributed by atoms with van der Waals surface area (Å²) in [5.41, 5.74) is 2.38. The summed E-state index contributed by atoms with van der Waals surface area (Å²) >= 11 is 0. The lowest BCUT2D eigenvalue weighted by Crippen LogP contribution is -2.27. The first-order chi connectivity index (χ1) is 12.1. The lowest BCUT2D eigenvalue weighted by Gasteiger charge is -2.21. The van der Waals surface area contributed by atoms with E-state index in [2.05, 4.69) is 17.2 Å². The Bertz CT molecular complexity index is 887. The number of H-pyrrole nitrogens is 1. The van der Waals surface area contributed by atoms with Crippen molar-refractivity contribution in [3.8, 4) is 11.5 Å². The van der Waals surface area contributed by atoms with Crippen LogP contribution in [0.4, 0.5) is 5.69 Å². The predicted molar refractivity (Wildman–Crippen MR) is 93.6 cm³/mol. The Morgan fingerprint density at radius 2 is 2.00 bits per heavy atom. The highest BCUT2D eigenvalue weighted by atomic mass is 16.6. The topological polar surface area (TPSA) is 80.4 Å². The zero-order valence-corrected chi connectivity index (χ0v) is 14.1. The summed E-state index contributed by atoms with van der Waals surface area (Å²) in [4.78, 5) is 27.7. The van der Waals surface area contributed by atoms with Gasteiger partial charge in [-0.2, -0.15) is 0 Å². The maximum atomic E-state index is 12.6. The highest BCUT2D eigenvalue weighted by molar-refractivity contribution is 6.04. The molecular weight excluding hydrogens is 320 g/mol. The summed E-state index contributed by atoms with van der Waals surface area (Å²) in [6, 6.07) is 6.93. The number of carbonyl (C=O) groups excluding carboxylic acids is 1. The van der Waals surface area contributed by atoms with Crippen LogP contribution in [0.15, 0.2) is 29.1 Å². The van der Waals surface area contributed by atoms with Gasteiger partial charge in [0, 0.05) is 17.4 Å². The van der Waals surface area contributed by atoms with E-state index in [9.17, 15) is 9.59 Å². The predicted octanol–water partition coefficient (Wildman–Crippen LogP) is 2.52.